The third-order valence-electron chi connectivity index (χ3n) is 3.70. The summed E-state index contributed by atoms with van der Waals surface area (Å²) < 4.78 is 19.9. The van der Waals surface area contributed by atoms with E-state index in [0.29, 0.717) is 24.5 Å². The second kappa shape index (κ2) is 8.65. The molecule has 3 nitrogen and oxygen atoms in total. The molecule has 0 aliphatic carbocycles. The highest BCUT2D eigenvalue weighted by molar-refractivity contribution is 5.34. The number of nitrogens with zero attached hydrogens (tertiary/aromatic N) is 1. The van der Waals surface area contributed by atoms with E-state index in [1.165, 1.54) is 11.6 Å². The Kier molecular flexibility index (Phi) is 6.56. The summed E-state index contributed by atoms with van der Waals surface area (Å²) in [5.41, 5.74) is 7.36. The van der Waals surface area contributed by atoms with Crippen molar-refractivity contribution in [2.45, 2.75) is 12.3 Å². The van der Waals surface area contributed by atoms with E-state index in [1.807, 2.05) is 38.4 Å². The molecule has 0 spiro atoms. The molecule has 0 aliphatic heterocycles. The highest BCUT2D eigenvalue weighted by Gasteiger charge is 2.18. The van der Waals surface area contributed by atoms with E-state index in [2.05, 4.69) is 17.0 Å². The molecule has 2 N–H and O–H groups in total. The molecule has 1 atom stereocenters. The molecule has 0 fully saturated rings. The molecule has 0 bridgehead atoms. The van der Waals surface area contributed by atoms with Crippen molar-refractivity contribution in [3.63, 3.8) is 0 Å². The molecule has 124 valence electrons. The van der Waals surface area contributed by atoms with Gasteiger partial charge < -0.3 is 15.4 Å². The number of halogens is 1. The van der Waals surface area contributed by atoms with Gasteiger partial charge in [-0.15, -0.1) is 0 Å². The average Bonchev–Trinajstić information content (AvgIpc) is 2.54. The normalized spacial score (nSPS) is 12.4. The summed E-state index contributed by atoms with van der Waals surface area (Å²) in [6, 6.07) is 15.1. The summed E-state index contributed by atoms with van der Waals surface area (Å²) in [7, 11) is 4.01. The zero-order valence-electron chi connectivity index (χ0n) is 13.8. The number of likely N-dealkylation sites (N-methyl/N-ethyl adjacent to an activating group) is 1. The SMILES string of the molecule is CN(C)CC(Cc1ccccc1)c1cc(OCCN)ccc1F. The first-order valence-electron chi connectivity index (χ1n) is 7.91. The standard InChI is InChI=1S/C19H25FN2O/c1-22(2)14-16(12-15-6-4-3-5-7-15)18-13-17(23-11-10-21)8-9-19(18)20/h3-9,13,16H,10-12,14,21H2,1-2H3. The van der Waals surface area contributed by atoms with Crippen molar-refractivity contribution in [2.75, 3.05) is 33.8 Å². The van der Waals surface area contributed by atoms with Gasteiger partial charge in [0.2, 0.25) is 0 Å². The lowest BCUT2D eigenvalue weighted by Gasteiger charge is -2.23. The van der Waals surface area contributed by atoms with Gasteiger partial charge in [0.25, 0.3) is 0 Å². The Hall–Kier alpha value is -1.91. The van der Waals surface area contributed by atoms with E-state index >= 15 is 0 Å². The molecule has 0 aromatic heterocycles. The highest BCUT2D eigenvalue weighted by Crippen LogP contribution is 2.28. The van der Waals surface area contributed by atoms with Crippen LogP contribution in [0.15, 0.2) is 48.5 Å². The summed E-state index contributed by atoms with van der Waals surface area (Å²) >= 11 is 0. The first-order chi connectivity index (χ1) is 11.1. The fourth-order valence-corrected chi connectivity index (χ4v) is 2.71. The lowest BCUT2D eigenvalue weighted by Crippen LogP contribution is -2.23. The quantitative estimate of drug-likeness (QED) is 0.813. The summed E-state index contributed by atoms with van der Waals surface area (Å²) in [5.74, 6) is 0.547. The number of rotatable bonds is 8. The number of ether oxygens (including phenoxy) is 1. The molecule has 4 heteroatoms. The highest BCUT2D eigenvalue weighted by atomic mass is 19.1. The Labute approximate surface area is 137 Å². The molecular formula is C19H25FN2O. The van der Waals surface area contributed by atoms with E-state index < -0.39 is 0 Å². The van der Waals surface area contributed by atoms with Gasteiger partial charge in [-0.2, -0.15) is 0 Å². The average molecular weight is 316 g/mol. The molecule has 1 unspecified atom stereocenters. The molecule has 0 heterocycles. The van der Waals surface area contributed by atoms with Crippen LogP contribution >= 0.6 is 0 Å². The zero-order chi connectivity index (χ0) is 16.7. The molecular weight excluding hydrogens is 291 g/mol. The Morgan fingerprint density at radius 1 is 1.13 bits per heavy atom. The Morgan fingerprint density at radius 3 is 2.52 bits per heavy atom. The minimum Gasteiger partial charge on any atom is -0.492 e. The van der Waals surface area contributed by atoms with Crippen LogP contribution in [0.5, 0.6) is 5.75 Å². The molecule has 0 aliphatic rings. The zero-order valence-corrected chi connectivity index (χ0v) is 13.8. The molecule has 0 amide bonds. The molecule has 23 heavy (non-hydrogen) atoms. The largest absolute Gasteiger partial charge is 0.492 e. The van der Waals surface area contributed by atoms with E-state index in [1.54, 1.807) is 6.07 Å². The van der Waals surface area contributed by atoms with Crippen LogP contribution in [0.3, 0.4) is 0 Å². The van der Waals surface area contributed by atoms with Gasteiger partial charge in [0.15, 0.2) is 0 Å². The number of benzene rings is 2. The molecule has 0 saturated heterocycles. The van der Waals surface area contributed by atoms with Gasteiger partial charge in [-0.3, -0.25) is 0 Å². The van der Waals surface area contributed by atoms with Crippen molar-refractivity contribution in [3.8, 4) is 5.75 Å². The monoisotopic (exact) mass is 316 g/mol. The van der Waals surface area contributed by atoms with Crippen molar-refractivity contribution < 1.29 is 9.13 Å². The first kappa shape index (κ1) is 17.4. The second-order valence-corrected chi connectivity index (χ2v) is 5.97. The third-order valence-corrected chi connectivity index (χ3v) is 3.70. The molecule has 0 radical (unpaired) electrons. The van der Waals surface area contributed by atoms with E-state index in [9.17, 15) is 4.39 Å². The van der Waals surface area contributed by atoms with Gasteiger partial charge in [0.1, 0.15) is 18.2 Å². The number of hydrogen-bond acceptors (Lipinski definition) is 3. The maximum atomic E-state index is 14.4. The summed E-state index contributed by atoms with van der Waals surface area (Å²) in [4.78, 5) is 2.08. The van der Waals surface area contributed by atoms with Crippen LogP contribution in [0.4, 0.5) is 4.39 Å². The van der Waals surface area contributed by atoms with Crippen LogP contribution < -0.4 is 10.5 Å². The predicted octanol–water partition coefficient (Wildman–Crippen LogP) is 3.05. The van der Waals surface area contributed by atoms with Crippen LogP contribution in [0.2, 0.25) is 0 Å². The van der Waals surface area contributed by atoms with Gasteiger partial charge in [0.05, 0.1) is 0 Å². The minimum absolute atomic E-state index is 0.0637. The summed E-state index contributed by atoms with van der Waals surface area (Å²) in [6.45, 7) is 1.64. The minimum atomic E-state index is -0.187. The maximum Gasteiger partial charge on any atom is 0.127 e. The van der Waals surface area contributed by atoms with E-state index in [-0.39, 0.29) is 11.7 Å². The number of hydrogen-bond donors (Lipinski definition) is 1. The maximum absolute atomic E-state index is 14.4. The van der Waals surface area contributed by atoms with Crippen molar-refractivity contribution in [1.29, 1.82) is 0 Å². The second-order valence-electron chi connectivity index (χ2n) is 5.97. The van der Waals surface area contributed by atoms with E-state index in [0.717, 1.165) is 13.0 Å². The topological polar surface area (TPSA) is 38.5 Å². The van der Waals surface area contributed by atoms with Crippen molar-refractivity contribution in [2.24, 2.45) is 5.73 Å². The molecule has 2 aromatic carbocycles. The predicted molar refractivity (Wildman–Crippen MR) is 92.4 cm³/mol. The molecule has 0 saturated carbocycles. The summed E-state index contributed by atoms with van der Waals surface area (Å²) in [6.07, 6.45) is 0.788. The van der Waals surface area contributed by atoms with E-state index in [4.69, 9.17) is 10.5 Å². The smallest absolute Gasteiger partial charge is 0.127 e. The van der Waals surface area contributed by atoms with Crippen LogP contribution in [0.25, 0.3) is 0 Å². The van der Waals surface area contributed by atoms with Crippen LogP contribution in [0, 0.1) is 5.82 Å². The van der Waals surface area contributed by atoms with Gasteiger partial charge >= 0.3 is 0 Å². The first-order valence-corrected chi connectivity index (χ1v) is 7.91. The Balaban J connectivity index is 2.26. The Bertz CT molecular complexity index is 602. The fourth-order valence-electron chi connectivity index (χ4n) is 2.71. The Morgan fingerprint density at radius 2 is 1.87 bits per heavy atom. The van der Waals surface area contributed by atoms with Crippen LogP contribution in [-0.4, -0.2) is 38.7 Å². The van der Waals surface area contributed by atoms with Gasteiger partial charge in [-0.05, 0) is 49.8 Å². The van der Waals surface area contributed by atoms with Crippen molar-refractivity contribution >= 4 is 0 Å². The third kappa shape index (κ3) is 5.34. The van der Waals surface area contributed by atoms with Crippen molar-refractivity contribution in [3.05, 3.63) is 65.5 Å². The van der Waals surface area contributed by atoms with Crippen molar-refractivity contribution in [1.82, 2.24) is 4.90 Å². The van der Waals surface area contributed by atoms with Crippen LogP contribution in [0.1, 0.15) is 17.0 Å². The molecule has 2 rings (SSSR count). The number of nitrogens with two attached hydrogens (primary N) is 1. The van der Waals surface area contributed by atoms with Gasteiger partial charge in [-0.25, -0.2) is 4.39 Å². The lowest BCUT2D eigenvalue weighted by molar-refractivity contribution is 0.325. The lowest BCUT2D eigenvalue weighted by atomic mass is 9.91. The summed E-state index contributed by atoms with van der Waals surface area (Å²) in [5, 5.41) is 0. The van der Waals surface area contributed by atoms with Gasteiger partial charge in [-0.1, -0.05) is 30.3 Å². The fraction of sp³-hybridized carbons (Fsp3) is 0.368. The van der Waals surface area contributed by atoms with Gasteiger partial charge in [0, 0.05) is 19.0 Å². The molecule has 2 aromatic rings. The van der Waals surface area contributed by atoms with Crippen LogP contribution in [-0.2, 0) is 6.42 Å².